The molecule has 6 nitrogen and oxygen atoms in total. The van der Waals surface area contributed by atoms with Crippen LogP contribution in [0, 0.1) is 13.8 Å². The van der Waals surface area contributed by atoms with Crippen LogP contribution in [0.15, 0.2) is 34.9 Å². The molecule has 0 unspecified atom stereocenters. The molecule has 0 bridgehead atoms. The molecule has 0 fully saturated rings. The van der Waals surface area contributed by atoms with Crippen molar-refractivity contribution >= 4 is 0 Å². The fourth-order valence-electron chi connectivity index (χ4n) is 2.53. The van der Waals surface area contributed by atoms with Gasteiger partial charge in [0.1, 0.15) is 0 Å². The molecule has 0 N–H and O–H groups in total. The molecule has 120 valence electrons. The fraction of sp³-hybridized carbons (Fsp3) is 0.353. The van der Waals surface area contributed by atoms with Crippen LogP contribution in [0.4, 0.5) is 0 Å². The van der Waals surface area contributed by atoms with Crippen LogP contribution in [-0.2, 0) is 13.1 Å². The Morgan fingerprint density at radius 2 is 2.00 bits per heavy atom. The van der Waals surface area contributed by atoms with Crippen LogP contribution in [0.3, 0.4) is 0 Å². The summed E-state index contributed by atoms with van der Waals surface area (Å²) >= 11 is 0. The van der Waals surface area contributed by atoms with Crippen LogP contribution in [0.2, 0.25) is 0 Å². The zero-order valence-corrected chi connectivity index (χ0v) is 13.9. The third kappa shape index (κ3) is 3.65. The Labute approximate surface area is 135 Å². The first-order chi connectivity index (χ1) is 11.0. The maximum Gasteiger partial charge on any atom is 0.257 e. The molecule has 2 heterocycles. The molecule has 0 aliphatic rings. The van der Waals surface area contributed by atoms with Crippen LogP contribution in [0.1, 0.15) is 22.8 Å². The van der Waals surface area contributed by atoms with E-state index in [1.165, 1.54) is 0 Å². The summed E-state index contributed by atoms with van der Waals surface area (Å²) in [6, 6.07) is 10.2. The van der Waals surface area contributed by atoms with Gasteiger partial charge in [0, 0.05) is 11.3 Å². The van der Waals surface area contributed by atoms with Gasteiger partial charge in [0.15, 0.2) is 5.82 Å². The van der Waals surface area contributed by atoms with Crippen molar-refractivity contribution in [2.75, 3.05) is 14.1 Å². The van der Waals surface area contributed by atoms with Crippen molar-refractivity contribution in [1.29, 1.82) is 0 Å². The minimum atomic E-state index is 0.553. The smallest absolute Gasteiger partial charge is 0.257 e. The quantitative estimate of drug-likeness (QED) is 0.725. The van der Waals surface area contributed by atoms with E-state index >= 15 is 0 Å². The minimum absolute atomic E-state index is 0.553. The summed E-state index contributed by atoms with van der Waals surface area (Å²) in [5.74, 6) is 1.24. The summed E-state index contributed by atoms with van der Waals surface area (Å²) in [6.07, 6.45) is 0. The van der Waals surface area contributed by atoms with Gasteiger partial charge >= 0.3 is 0 Å². The Morgan fingerprint density at radius 1 is 1.17 bits per heavy atom. The highest BCUT2D eigenvalue weighted by Gasteiger charge is 2.10. The lowest BCUT2D eigenvalue weighted by molar-refractivity contribution is 0.365. The number of hydrogen-bond donors (Lipinski definition) is 0. The normalized spacial score (nSPS) is 11.3. The van der Waals surface area contributed by atoms with E-state index < -0.39 is 0 Å². The van der Waals surface area contributed by atoms with Gasteiger partial charge in [-0.05, 0) is 51.7 Å². The van der Waals surface area contributed by atoms with E-state index in [1.54, 1.807) is 0 Å². The Hall–Kier alpha value is -2.47. The summed E-state index contributed by atoms with van der Waals surface area (Å²) in [4.78, 5) is 6.46. The topological polar surface area (TPSA) is 60.0 Å². The number of rotatable bonds is 5. The van der Waals surface area contributed by atoms with E-state index in [0.717, 1.165) is 29.1 Å². The van der Waals surface area contributed by atoms with Gasteiger partial charge in [0.2, 0.25) is 0 Å². The summed E-state index contributed by atoms with van der Waals surface area (Å²) in [5, 5.41) is 8.52. The second-order valence-electron chi connectivity index (χ2n) is 6.04. The average Bonchev–Trinajstić information content (AvgIpc) is 3.06. The lowest BCUT2D eigenvalue weighted by atomic mass is 10.1. The molecule has 0 radical (unpaired) electrons. The van der Waals surface area contributed by atoms with Crippen molar-refractivity contribution in [3.8, 4) is 11.5 Å². The molecule has 0 amide bonds. The average molecular weight is 311 g/mol. The zero-order chi connectivity index (χ0) is 16.4. The lowest BCUT2D eigenvalue weighted by Crippen LogP contribution is -2.11. The van der Waals surface area contributed by atoms with Crippen molar-refractivity contribution in [3.63, 3.8) is 0 Å². The highest BCUT2D eigenvalue weighted by atomic mass is 16.5. The van der Waals surface area contributed by atoms with E-state index in [4.69, 9.17) is 4.52 Å². The van der Waals surface area contributed by atoms with Crippen LogP contribution >= 0.6 is 0 Å². The Kier molecular flexibility index (Phi) is 4.25. The molecule has 23 heavy (non-hydrogen) atoms. The third-order valence-electron chi connectivity index (χ3n) is 3.54. The van der Waals surface area contributed by atoms with E-state index in [2.05, 4.69) is 40.4 Å². The van der Waals surface area contributed by atoms with Crippen LogP contribution < -0.4 is 0 Å². The van der Waals surface area contributed by atoms with Gasteiger partial charge in [-0.1, -0.05) is 17.3 Å². The summed E-state index contributed by atoms with van der Waals surface area (Å²) < 4.78 is 7.37. The number of aryl methyl sites for hydroxylation is 2. The van der Waals surface area contributed by atoms with E-state index in [-0.39, 0.29) is 0 Å². The fourth-order valence-corrected chi connectivity index (χ4v) is 2.53. The molecular weight excluding hydrogens is 290 g/mol. The molecule has 2 aromatic heterocycles. The van der Waals surface area contributed by atoms with Crippen molar-refractivity contribution in [1.82, 2.24) is 24.8 Å². The second-order valence-corrected chi connectivity index (χ2v) is 6.04. The molecule has 1 aromatic carbocycles. The van der Waals surface area contributed by atoms with Crippen LogP contribution in [-0.4, -0.2) is 38.9 Å². The minimum Gasteiger partial charge on any atom is -0.334 e. The number of nitrogens with zero attached hydrogens (tertiary/aromatic N) is 5. The zero-order valence-electron chi connectivity index (χ0n) is 13.9. The van der Waals surface area contributed by atoms with Crippen molar-refractivity contribution in [3.05, 3.63) is 53.1 Å². The molecule has 0 saturated carbocycles. The van der Waals surface area contributed by atoms with Gasteiger partial charge in [-0.3, -0.25) is 4.68 Å². The van der Waals surface area contributed by atoms with Gasteiger partial charge in [-0.25, -0.2) is 0 Å². The van der Waals surface area contributed by atoms with Crippen molar-refractivity contribution in [2.45, 2.75) is 26.9 Å². The van der Waals surface area contributed by atoms with Gasteiger partial charge in [-0.2, -0.15) is 10.1 Å². The largest absolute Gasteiger partial charge is 0.334 e. The molecule has 0 spiro atoms. The molecule has 0 saturated heterocycles. The number of hydrogen-bond acceptors (Lipinski definition) is 5. The van der Waals surface area contributed by atoms with Gasteiger partial charge in [0.05, 0.1) is 18.8 Å². The monoisotopic (exact) mass is 311 g/mol. The van der Waals surface area contributed by atoms with Gasteiger partial charge in [-0.15, -0.1) is 0 Å². The maximum atomic E-state index is 5.37. The highest BCUT2D eigenvalue weighted by molar-refractivity contribution is 5.54. The Bertz CT molecular complexity index is 803. The molecule has 3 rings (SSSR count). The summed E-state index contributed by atoms with van der Waals surface area (Å²) in [6.45, 7) is 5.46. The highest BCUT2D eigenvalue weighted by Crippen LogP contribution is 2.19. The van der Waals surface area contributed by atoms with E-state index in [0.29, 0.717) is 18.3 Å². The van der Waals surface area contributed by atoms with Crippen molar-refractivity contribution < 1.29 is 4.52 Å². The van der Waals surface area contributed by atoms with E-state index in [9.17, 15) is 0 Å². The predicted octanol–water partition coefficient (Wildman–Crippen LogP) is 2.66. The first-order valence-corrected chi connectivity index (χ1v) is 7.59. The molecular formula is C17H21N5O. The molecule has 0 atom stereocenters. The second kappa shape index (κ2) is 6.34. The Balaban J connectivity index is 1.82. The summed E-state index contributed by atoms with van der Waals surface area (Å²) in [7, 11) is 3.95. The SMILES string of the molecule is Cc1cc(C)n(Cc2cccc(-c3nc(CN(C)C)no3)c2)n1. The van der Waals surface area contributed by atoms with Crippen LogP contribution in [0.5, 0.6) is 0 Å². The number of benzene rings is 1. The summed E-state index contributed by atoms with van der Waals surface area (Å²) in [5.41, 5.74) is 4.27. The molecule has 3 aromatic rings. The first kappa shape index (κ1) is 15.4. The lowest BCUT2D eigenvalue weighted by Gasteiger charge is -2.05. The predicted molar refractivity (Wildman–Crippen MR) is 87.9 cm³/mol. The van der Waals surface area contributed by atoms with Crippen LogP contribution in [0.25, 0.3) is 11.5 Å². The first-order valence-electron chi connectivity index (χ1n) is 7.59. The van der Waals surface area contributed by atoms with Gasteiger partial charge < -0.3 is 9.42 Å². The van der Waals surface area contributed by atoms with Crippen molar-refractivity contribution in [2.24, 2.45) is 0 Å². The standard InChI is InChI=1S/C17H21N5O/c1-12-8-13(2)22(19-12)10-14-6-5-7-15(9-14)17-18-16(20-23-17)11-21(3)4/h5-9H,10-11H2,1-4H3. The molecule has 0 aliphatic carbocycles. The Morgan fingerprint density at radius 3 is 2.70 bits per heavy atom. The van der Waals surface area contributed by atoms with E-state index in [1.807, 2.05) is 42.7 Å². The third-order valence-corrected chi connectivity index (χ3v) is 3.54. The maximum absolute atomic E-state index is 5.37. The molecule has 0 aliphatic heterocycles. The van der Waals surface area contributed by atoms with Gasteiger partial charge in [0.25, 0.3) is 5.89 Å². The molecule has 6 heteroatoms. The number of aromatic nitrogens is 4.